The molecule has 0 radical (unpaired) electrons. The SMILES string of the molecule is O=C1NC(=O)C(c2ccc(C3C=NN(CC4CC4)C3)cc2)N1. The van der Waals surface area contributed by atoms with Crippen molar-refractivity contribution in [1.29, 1.82) is 0 Å². The summed E-state index contributed by atoms with van der Waals surface area (Å²) in [5.74, 6) is 0.846. The van der Waals surface area contributed by atoms with E-state index in [0.717, 1.165) is 24.6 Å². The van der Waals surface area contributed by atoms with Crippen molar-refractivity contribution in [2.75, 3.05) is 13.1 Å². The first-order chi connectivity index (χ1) is 10.7. The zero-order valence-corrected chi connectivity index (χ0v) is 12.2. The Morgan fingerprint density at radius 2 is 1.86 bits per heavy atom. The Balaban J connectivity index is 1.43. The van der Waals surface area contributed by atoms with E-state index in [9.17, 15) is 9.59 Å². The molecule has 3 amide bonds. The van der Waals surface area contributed by atoms with Gasteiger partial charge in [0.15, 0.2) is 0 Å². The third kappa shape index (κ3) is 2.56. The highest BCUT2D eigenvalue weighted by Crippen LogP contribution is 2.32. The summed E-state index contributed by atoms with van der Waals surface area (Å²) in [6.45, 7) is 2.00. The van der Waals surface area contributed by atoms with Gasteiger partial charge in [-0.3, -0.25) is 15.1 Å². The maximum atomic E-state index is 11.7. The largest absolute Gasteiger partial charge is 0.322 e. The molecule has 2 heterocycles. The van der Waals surface area contributed by atoms with E-state index in [4.69, 9.17) is 0 Å². The smallest absolute Gasteiger partial charge is 0.322 e. The summed E-state index contributed by atoms with van der Waals surface area (Å²) in [6, 6.07) is 6.84. The monoisotopic (exact) mass is 298 g/mol. The number of urea groups is 1. The zero-order chi connectivity index (χ0) is 15.1. The Kier molecular flexibility index (Phi) is 3.10. The van der Waals surface area contributed by atoms with Crippen molar-refractivity contribution in [1.82, 2.24) is 15.6 Å². The lowest BCUT2D eigenvalue weighted by Gasteiger charge is -2.16. The summed E-state index contributed by atoms with van der Waals surface area (Å²) in [6.07, 6.45) is 4.67. The molecule has 22 heavy (non-hydrogen) atoms. The third-order valence-electron chi connectivity index (χ3n) is 4.46. The molecule has 1 aliphatic carbocycles. The summed E-state index contributed by atoms with van der Waals surface area (Å²) in [7, 11) is 0. The predicted molar refractivity (Wildman–Crippen MR) is 81.4 cm³/mol. The van der Waals surface area contributed by atoms with Crippen molar-refractivity contribution in [2.45, 2.75) is 24.8 Å². The number of hydrazone groups is 1. The van der Waals surface area contributed by atoms with Crippen LogP contribution >= 0.6 is 0 Å². The molecule has 2 atom stereocenters. The minimum absolute atomic E-state index is 0.296. The number of nitrogens with zero attached hydrogens (tertiary/aromatic N) is 2. The van der Waals surface area contributed by atoms with Gasteiger partial charge in [0, 0.05) is 25.2 Å². The van der Waals surface area contributed by atoms with E-state index in [-0.39, 0.29) is 5.91 Å². The Bertz CT molecular complexity index is 636. The van der Waals surface area contributed by atoms with Crippen molar-refractivity contribution < 1.29 is 9.59 Å². The normalized spacial score (nSPS) is 27.2. The maximum Gasteiger partial charge on any atom is 0.322 e. The average Bonchev–Trinajstić information content (AvgIpc) is 3.08. The fraction of sp³-hybridized carbons (Fsp3) is 0.438. The van der Waals surface area contributed by atoms with Crippen LogP contribution in [0.5, 0.6) is 0 Å². The quantitative estimate of drug-likeness (QED) is 0.824. The van der Waals surface area contributed by atoms with Crippen molar-refractivity contribution >= 4 is 18.2 Å². The van der Waals surface area contributed by atoms with Crippen LogP contribution in [-0.2, 0) is 4.79 Å². The van der Waals surface area contributed by atoms with Crippen LogP contribution in [0.4, 0.5) is 4.79 Å². The Labute approximate surface area is 128 Å². The van der Waals surface area contributed by atoms with Gasteiger partial charge in [0.05, 0.1) is 0 Å². The molecule has 2 N–H and O–H groups in total. The first-order valence-corrected chi connectivity index (χ1v) is 7.69. The van der Waals surface area contributed by atoms with Gasteiger partial charge in [0.25, 0.3) is 5.91 Å². The summed E-state index contributed by atoms with van der Waals surface area (Å²) >= 11 is 0. The molecule has 4 rings (SSSR count). The number of benzene rings is 1. The molecule has 2 fully saturated rings. The fourth-order valence-electron chi connectivity index (χ4n) is 2.99. The number of carbonyl (C=O) groups is 2. The number of hydrogen-bond donors (Lipinski definition) is 2. The summed E-state index contributed by atoms with van der Waals surface area (Å²) in [5, 5.41) is 11.5. The van der Waals surface area contributed by atoms with Crippen LogP contribution in [0, 0.1) is 5.92 Å². The lowest BCUT2D eigenvalue weighted by Crippen LogP contribution is -2.22. The summed E-state index contributed by atoms with van der Waals surface area (Å²) in [4.78, 5) is 22.8. The van der Waals surface area contributed by atoms with Gasteiger partial charge in [-0.05, 0) is 29.9 Å². The number of carbonyl (C=O) groups excluding carboxylic acids is 2. The van der Waals surface area contributed by atoms with E-state index in [1.807, 2.05) is 30.5 Å². The topological polar surface area (TPSA) is 73.8 Å². The molecule has 114 valence electrons. The molecule has 2 unspecified atom stereocenters. The highest BCUT2D eigenvalue weighted by Gasteiger charge is 2.31. The van der Waals surface area contributed by atoms with Crippen molar-refractivity contribution in [3.63, 3.8) is 0 Å². The van der Waals surface area contributed by atoms with Crippen LogP contribution in [0.2, 0.25) is 0 Å². The lowest BCUT2D eigenvalue weighted by molar-refractivity contribution is -0.120. The van der Waals surface area contributed by atoms with Gasteiger partial charge < -0.3 is 5.32 Å². The number of imide groups is 1. The van der Waals surface area contributed by atoms with E-state index in [1.54, 1.807) is 0 Å². The molecule has 0 spiro atoms. The highest BCUT2D eigenvalue weighted by molar-refractivity contribution is 6.04. The van der Waals surface area contributed by atoms with Gasteiger partial charge in [-0.15, -0.1) is 0 Å². The first kappa shape index (κ1) is 13.3. The molecule has 1 saturated heterocycles. The van der Waals surface area contributed by atoms with Crippen LogP contribution in [0.25, 0.3) is 0 Å². The summed E-state index contributed by atoms with van der Waals surface area (Å²) in [5.41, 5.74) is 1.99. The molecular weight excluding hydrogens is 280 g/mol. The molecule has 6 heteroatoms. The fourth-order valence-corrected chi connectivity index (χ4v) is 2.99. The van der Waals surface area contributed by atoms with E-state index < -0.39 is 12.1 Å². The second kappa shape index (κ2) is 5.12. The molecule has 2 aliphatic heterocycles. The Morgan fingerprint density at radius 1 is 1.14 bits per heavy atom. The van der Waals surface area contributed by atoms with Gasteiger partial charge in [-0.25, -0.2) is 4.79 Å². The standard InChI is InChI=1S/C16H18N4O2/c21-15-14(18-16(22)19-15)12-5-3-11(4-6-12)13-7-17-20(9-13)8-10-1-2-10/h3-7,10,13-14H,1-2,8-9H2,(H2,18,19,21,22). The van der Waals surface area contributed by atoms with E-state index in [2.05, 4.69) is 20.7 Å². The van der Waals surface area contributed by atoms with Gasteiger partial charge in [0.2, 0.25) is 0 Å². The van der Waals surface area contributed by atoms with E-state index in [0.29, 0.717) is 5.92 Å². The number of nitrogens with one attached hydrogen (secondary N) is 2. The average molecular weight is 298 g/mol. The lowest BCUT2D eigenvalue weighted by atomic mass is 9.97. The molecular formula is C16H18N4O2. The Hall–Kier alpha value is -2.37. The van der Waals surface area contributed by atoms with Crippen LogP contribution < -0.4 is 10.6 Å². The molecule has 1 aromatic carbocycles. The van der Waals surface area contributed by atoms with E-state index >= 15 is 0 Å². The molecule has 0 aromatic heterocycles. The van der Waals surface area contributed by atoms with Crippen molar-refractivity contribution in [3.8, 4) is 0 Å². The van der Waals surface area contributed by atoms with E-state index in [1.165, 1.54) is 18.4 Å². The summed E-state index contributed by atoms with van der Waals surface area (Å²) < 4.78 is 0. The second-order valence-corrected chi connectivity index (χ2v) is 6.25. The van der Waals surface area contributed by atoms with Crippen LogP contribution in [0.15, 0.2) is 29.4 Å². The first-order valence-electron chi connectivity index (χ1n) is 7.69. The van der Waals surface area contributed by atoms with Crippen LogP contribution in [-0.4, -0.2) is 36.3 Å². The maximum absolute atomic E-state index is 11.7. The molecule has 0 bridgehead atoms. The molecule has 3 aliphatic rings. The van der Waals surface area contributed by atoms with Crippen LogP contribution in [0.3, 0.4) is 0 Å². The van der Waals surface area contributed by atoms with Gasteiger partial charge in [-0.1, -0.05) is 24.3 Å². The van der Waals surface area contributed by atoms with Crippen LogP contribution in [0.1, 0.15) is 35.9 Å². The third-order valence-corrected chi connectivity index (χ3v) is 4.46. The molecule has 1 aromatic rings. The highest BCUT2D eigenvalue weighted by atomic mass is 16.2. The molecule has 1 saturated carbocycles. The molecule has 6 nitrogen and oxygen atoms in total. The minimum Gasteiger partial charge on any atom is -0.322 e. The second-order valence-electron chi connectivity index (χ2n) is 6.25. The van der Waals surface area contributed by atoms with Crippen molar-refractivity contribution in [2.24, 2.45) is 11.0 Å². The van der Waals surface area contributed by atoms with Gasteiger partial charge in [-0.2, -0.15) is 5.10 Å². The Morgan fingerprint density at radius 3 is 2.50 bits per heavy atom. The number of hydrogen-bond acceptors (Lipinski definition) is 4. The minimum atomic E-state index is -0.579. The van der Waals surface area contributed by atoms with Gasteiger partial charge in [0.1, 0.15) is 6.04 Å². The zero-order valence-electron chi connectivity index (χ0n) is 12.2. The predicted octanol–water partition coefficient (Wildman–Crippen LogP) is 1.36. The van der Waals surface area contributed by atoms with Crippen molar-refractivity contribution in [3.05, 3.63) is 35.4 Å². The number of amides is 3. The van der Waals surface area contributed by atoms with Gasteiger partial charge >= 0.3 is 6.03 Å². The number of rotatable bonds is 4.